The molecule has 100 heavy (non-hydrogen) atoms. The van der Waals surface area contributed by atoms with Crippen LogP contribution in [-0.4, -0.2) is 131 Å². The molecule has 4 amide bonds. The molecule has 0 spiro atoms. The van der Waals surface area contributed by atoms with E-state index in [-0.39, 0.29) is 182 Å². The number of likely N-dealkylation sites (N-methyl/N-ethyl adjacent to an activating group) is 1. The van der Waals surface area contributed by atoms with Crippen LogP contribution < -0.4 is 153 Å². The number of rotatable bonds is 25. The number of methoxy groups -OCH3 is 2. The van der Waals surface area contributed by atoms with Crippen molar-refractivity contribution < 1.29 is 185 Å². The van der Waals surface area contributed by atoms with Gasteiger partial charge in [0.1, 0.15) is 41.7 Å². The first-order valence-electron chi connectivity index (χ1n) is 30.7. The van der Waals surface area contributed by atoms with Crippen LogP contribution in [0.3, 0.4) is 0 Å². The van der Waals surface area contributed by atoms with Crippen molar-refractivity contribution in [1.29, 1.82) is 0 Å². The molecule has 5 N–H and O–H groups in total. The van der Waals surface area contributed by atoms with Crippen LogP contribution in [0, 0.1) is 44.9 Å². The number of amides is 4. The molecule has 6 aromatic carbocycles. The average Bonchev–Trinajstić information content (AvgIpc) is 1.55. The number of benzene rings is 6. The molecule has 31 heteroatoms. The van der Waals surface area contributed by atoms with E-state index in [1.54, 1.807) is 39.8 Å². The molecule has 2 heterocycles. The molecule has 2 aliphatic carbocycles. The summed E-state index contributed by atoms with van der Waals surface area (Å²) in [6.07, 6.45) is 3.09. The fraction of sp³-hybridized carbons (Fsp3) is 0.348. The third kappa shape index (κ3) is 21.4. The number of anilines is 4. The van der Waals surface area contributed by atoms with Crippen LogP contribution in [0.25, 0.3) is 21.8 Å². The fourth-order valence-corrected chi connectivity index (χ4v) is 11.0. The number of nitrogens with zero attached hydrogens (tertiary/aromatic N) is 6. The van der Waals surface area contributed by atoms with Crippen LogP contribution in [0.2, 0.25) is 0 Å². The van der Waals surface area contributed by atoms with Gasteiger partial charge >= 0.3 is 103 Å². The van der Waals surface area contributed by atoms with Gasteiger partial charge < -0.3 is 71.4 Å². The third-order valence-corrected chi connectivity index (χ3v) is 16.9. The van der Waals surface area contributed by atoms with Crippen molar-refractivity contribution in [3.63, 3.8) is 0 Å². The zero-order chi connectivity index (χ0) is 70.8. The minimum atomic E-state index is -1.39. The maximum Gasteiger partial charge on any atom is 1.00 e. The molecule has 0 saturated heterocycles. The molecule has 23 nitrogen and oxygen atoms in total. The summed E-state index contributed by atoms with van der Waals surface area (Å²) < 4.78 is 85.1. The molecule has 526 valence electrons. The van der Waals surface area contributed by atoms with Crippen molar-refractivity contribution in [1.82, 2.24) is 29.7 Å². The number of aromatic hydroxyl groups is 1. The normalized spacial score (nSPS) is 15.5. The predicted octanol–water partition coefficient (Wildman–Crippen LogP) is 6.38. The second-order valence-corrected chi connectivity index (χ2v) is 23.8. The van der Waals surface area contributed by atoms with E-state index in [0.717, 1.165) is 57.3 Å². The quantitative estimate of drug-likeness (QED) is 0.00789. The summed E-state index contributed by atoms with van der Waals surface area (Å²) >= 11 is 5.51. The molecule has 2 aromatic heterocycles. The van der Waals surface area contributed by atoms with Gasteiger partial charge in [0.15, 0.2) is 46.1 Å². The van der Waals surface area contributed by atoms with E-state index in [4.69, 9.17) is 45.3 Å². The van der Waals surface area contributed by atoms with Crippen molar-refractivity contribution in [3.05, 3.63) is 145 Å². The number of phenolic OH excluding ortho intramolecular Hbond substituents is 1. The first-order chi connectivity index (χ1) is 46.3. The van der Waals surface area contributed by atoms with Crippen molar-refractivity contribution >= 4 is 98.7 Å². The summed E-state index contributed by atoms with van der Waals surface area (Å²) in [4.78, 5) is 85.5. The summed E-state index contributed by atoms with van der Waals surface area (Å²) in [7, 11) is 2.91. The number of phenols is 1. The smallest absolute Gasteiger partial charge is 1.00 e. The predicted molar refractivity (Wildman–Crippen MR) is 363 cm³/mol. The average molecular weight is 1480 g/mol. The topological polar surface area (TPSA) is 290 Å². The van der Waals surface area contributed by atoms with Gasteiger partial charge in [-0.05, 0) is 135 Å². The molecular formula is C69H78Cl2F4K2N10O13. The molecule has 8 aromatic rings. The Balaban J connectivity index is 0.000000440. The molecule has 2 saturated carbocycles. The van der Waals surface area contributed by atoms with Crippen LogP contribution in [0.5, 0.6) is 46.3 Å². The molecule has 2 aliphatic rings. The Bertz CT molecular complexity index is 4110. The van der Waals surface area contributed by atoms with Gasteiger partial charge in [-0.2, -0.15) is 0 Å². The van der Waals surface area contributed by atoms with E-state index in [9.17, 15) is 33.1 Å². The van der Waals surface area contributed by atoms with Gasteiger partial charge in [-0.1, -0.05) is 55.4 Å². The van der Waals surface area contributed by atoms with Gasteiger partial charge in [0.05, 0.1) is 36.0 Å². The van der Waals surface area contributed by atoms with E-state index < -0.39 is 68.6 Å². The molecule has 2 atom stereocenters. The molecular weight excluding hydrogens is 1400 g/mol. The molecule has 2 unspecified atom stereocenters. The Hall–Kier alpha value is -6.40. The standard InChI is InChI=1S/C34H37F2N5O5.C28H24F2N4O5.C6H14ClN.CH2O3.ClH.2K.H/c1-6-41(7-2)14-15-45-29-18-26-24(17-28(29)44-5)30(38-20-37-26)46-27-13-12-23(16-25(27)36)40-32(43)34(19-33(34,3)4)31(42)39-22-10-8-21(35)9-11-22;1-27(2)13-28(27,25(36)33-16-6-4-15(29)5-7-16)26(37)34-17-8-9-22(19(30)10-17)39-24-18-11-23(38-3)21(35)12-20(18)31-14-32-24;1-3-8(4-2)6-5-7;2-1-4-3;;;;/h8-13,16-18,20H,6-7,14-15,19H2,1-5H3,(H,39,42)(H,40,43);4-12,14,35H,13H2,1-3H3,(H,33,36)(H,34,37);3-6H2,1-2H3;1,3H;1H;;;/q;;;;;2*+1;-1/p-1. The van der Waals surface area contributed by atoms with Crippen molar-refractivity contribution in [2.24, 2.45) is 21.7 Å². The van der Waals surface area contributed by atoms with Gasteiger partial charge in [-0.3, -0.25) is 24.0 Å². The number of halogens is 6. The van der Waals surface area contributed by atoms with Gasteiger partial charge in [0.25, 0.3) is 6.47 Å². The summed E-state index contributed by atoms with van der Waals surface area (Å²) in [5.41, 5.74) is -2.20. The van der Waals surface area contributed by atoms with Crippen LogP contribution in [0.4, 0.5) is 40.3 Å². The number of fused-ring (bicyclic) bond motifs is 2. The van der Waals surface area contributed by atoms with Crippen LogP contribution in [0.1, 0.15) is 69.7 Å². The largest absolute Gasteiger partial charge is 1.00 e. The van der Waals surface area contributed by atoms with E-state index in [2.05, 4.69) is 83.6 Å². The molecule has 2 fully saturated rings. The number of alkyl halides is 1. The number of hydrogen-bond acceptors (Lipinski definition) is 19. The molecule has 0 radical (unpaired) electrons. The number of aromatic nitrogens is 4. The summed E-state index contributed by atoms with van der Waals surface area (Å²) in [6, 6.07) is 24.5. The summed E-state index contributed by atoms with van der Waals surface area (Å²) in [6.45, 7) is 21.8. The van der Waals surface area contributed by atoms with Crippen LogP contribution >= 0.6 is 24.0 Å². The SMILES string of the molecule is CCN(CC)CCCl.CCN(CC)CCOc1cc2ncnc(Oc3ccc(NC(=O)C4(C(=O)Nc5ccc(F)cc5)CC4(C)C)cc3F)c2cc1OC.COc1cc2c(Oc3ccc(NC(=O)C4(C(=O)Nc5ccc(F)cc5)CC4(C)C)cc3F)ncnc2cc1O.Cl.O=CO[O-].[H-].[K+].[K+]. The van der Waals surface area contributed by atoms with Crippen molar-refractivity contribution in [2.45, 2.75) is 68.2 Å². The maximum absolute atomic E-state index is 15.3. The van der Waals surface area contributed by atoms with Crippen LogP contribution in [-0.2, 0) is 28.9 Å². The first kappa shape index (κ1) is 86.0. The molecule has 0 aliphatic heterocycles. The first-order valence-corrected chi connectivity index (χ1v) is 31.3. The van der Waals surface area contributed by atoms with E-state index in [1.807, 2.05) is 0 Å². The third-order valence-electron chi connectivity index (χ3n) is 16.7. The minimum absolute atomic E-state index is 0. The Morgan fingerprint density at radius 3 is 1.26 bits per heavy atom. The Labute approximate surface area is 674 Å². The number of carbonyl (C=O) groups excluding carboxylic acids is 5. The zero-order valence-electron chi connectivity index (χ0n) is 58.5. The number of hydrogen-bond donors (Lipinski definition) is 5. The number of ether oxygens (including phenoxy) is 5. The zero-order valence-corrected chi connectivity index (χ0v) is 65.3. The monoisotopic (exact) mass is 1480 g/mol. The van der Waals surface area contributed by atoms with E-state index >= 15 is 8.78 Å². The fourth-order valence-electron chi connectivity index (χ4n) is 10.7. The minimum Gasteiger partial charge on any atom is -1.00 e. The molecule has 10 rings (SSSR count). The number of nitrogens with one attached hydrogen (secondary N) is 4. The Morgan fingerprint density at radius 2 is 0.920 bits per heavy atom. The van der Waals surface area contributed by atoms with Gasteiger partial charge in [-0.15, -0.1) is 24.0 Å². The van der Waals surface area contributed by atoms with Gasteiger partial charge in [-0.25, -0.2) is 37.5 Å². The van der Waals surface area contributed by atoms with E-state index in [1.165, 1.54) is 112 Å². The van der Waals surface area contributed by atoms with Gasteiger partial charge in [0, 0.05) is 66.0 Å². The van der Waals surface area contributed by atoms with Gasteiger partial charge in [0.2, 0.25) is 35.4 Å². The Kier molecular flexibility index (Phi) is 33.8. The maximum atomic E-state index is 15.3. The molecule has 0 bridgehead atoms. The summed E-state index contributed by atoms with van der Waals surface area (Å²) in [5, 5.41) is 30.0. The summed E-state index contributed by atoms with van der Waals surface area (Å²) in [5.74, 6) is -3.06. The van der Waals surface area contributed by atoms with Crippen LogP contribution in [0.15, 0.2) is 122 Å². The number of carbonyl (C=O) groups is 5. The van der Waals surface area contributed by atoms with Crippen molar-refractivity contribution in [2.75, 3.05) is 87.2 Å². The Morgan fingerprint density at radius 1 is 0.560 bits per heavy atom. The van der Waals surface area contributed by atoms with Crippen molar-refractivity contribution in [3.8, 4) is 46.3 Å². The second kappa shape index (κ2) is 39.3. The second-order valence-electron chi connectivity index (χ2n) is 23.5. The van der Waals surface area contributed by atoms with E-state index in [0.29, 0.717) is 51.3 Å².